The molecule has 0 atom stereocenters. The van der Waals surface area contributed by atoms with Crippen LogP contribution in [0.25, 0.3) is 10.8 Å². The van der Waals surface area contributed by atoms with Crippen LogP contribution in [0.3, 0.4) is 0 Å². The second kappa shape index (κ2) is 3.51. The van der Waals surface area contributed by atoms with E-state index in [1.54, 1.807) is 18.2 Å². The van der Waals surface area contributed by atoms with E-state index >= 15 is 0 Å². The topological polar surface area (TPSA) is 57.6 Å². The molecule has 2 amide bonds. The van der Waals surface area contributed by atoms with E-state index < -0.39 is 11.8 Å². The molecule has 2 aromatic rings. The molecule has 0 saturated heterocycles. The van der Waals surface area contributed by atoms with Crippen LogP contribution in [0, 0.1) is 3.57 Å². The minimum atomic E-state index is -0.671. The summed E-state index contributed by atoms with van der Waals surface area (Å²) in [6.07, 6.45) is 0. The van der Waals surface area contributed by atoms with Crippen molar-refractivity contribution in [2.24, 2.45) is 0 Å². The Kier molecular flexibility index (Phi) is 2.20. The van der Waals surface area contributed by atoms with Gasteiger partial charge >= 0.3 is 0 Å². The molecule has 0 unspecified atom stereocenters. The van der Waals surface area contributed by atoms with E-state index in [1.807, 2.05) is 34.7 Å². The molecule has 1 N–H and O–H groups in total. The van der Waals surface area contributed by atoms with E-state index in [9.17, 15) is 14.8 Å². The van der Waals surface area contributed by atoms with Gasteiger partial charge < -0.3 is 0 Å². The van der Waals surface area contributed by atoms with Crippen molar-refractivity contribution in [3.05, 3.63) is 45.0 Å². The van der Waals surface area contributed by atoms with Gasteiger partial charge in [0.15, 0.2) is 0 Å². The van der Waals surface area contributed by atoms with E-state index in [-0.39, 0.29) is 5.06 Å². The van der Waals surface area contributed by atoms with E-state index in [0.717, 1.165) is 8.96 Å². The van der Waals surface area contributed by atoms with Crippen LogP contribution in [0.1, 0.15) is 20.7 Å². The molecule has 3 rings (SSSR count). The fourth-order valence-electron chi connectivity index (χ4n) is 2.05. The van der Waals surface area contributed by atoms with Crippen molar-refractivity contribution in [2.45, 2.75) is 0 Å². The number of hydrogen-bond acceptors (Lipinski definition) is 3. The normalized spacial score (nSPS) is 14.6. The van der Waals surface area contributed by atoms with Crippen LogP contribution in [-0.2, 0) is 0 Å². The Bertz CT molecular complexity index is 681. The van der Waals surface area contributed by atoms with Crippen LogP contribution in [0.2, 0.25) is 0 Å². The molecule has 0 bridgehead atoms. The van der Waals surface area contributed by atoms with E-state index in [2.05, 4.69) is 0 Å². The summed E-state index contributed by atoms with van der Waals surface area (Å²) >= 11 is 2.02. The Balaban J connectivity index is 2.56. The molecular formula is C12H6INO3. The molecule has 1 aliphatic heterocycles. The highest BCUT2D eigenvalue weighted by Crippen LogP contribution is 2.32. The summed E-state index contributed by atoms with van der Waals surface area (Å²) in [5.41, 5.74) is 0.749. The van der Waals surface area contributed by atoms with Gasteiger partial charge in [0.1, 0.15) is 0 Å². The number of hydrogen-bond donors (Lipinski definition) is 1. The van der Waals surface area contributed by atoms with Gasteiger partial charge in [0.25, 0.3) is 11.8 Å². The number of amides is 2. The van der Waals surface area contributed by atoms with Gasteiger partial charge in [-0.2, -0.15) is 0 Å². The molecule has 84 valence electrons. The number of rotatable bonds is 0. The molecule has 1 heterocycles. The molecule has 5 heteroatoms. The molecule has 2 aromatic carbocycles. The summed E-state index contributed by atoms with van der Waals surface area (Å²) in [4.78, 5) is 23.7. The third-order valence-corrected chi connectivity index (χ3v) is 3.72. The molecule has 0 fully saturated rings. The molecule has 0 aromatic heterocycles. The average molecular weight is 339 g/mol. The first-order chi connectivity index (χ1) is 8.11. The van der Waals surface area contributed by atoms with Crippen LogP contribution in [0.5, 0.6) is 0 Å². The Morgan fingerprint density at radius 3 is 2.59 bits per heavy atom. The zero-order chi connectivity index (χ0) is 12.2. The van der Waals surface area contributed by atoms with Crippen molar-refractivity contribution in [1.29, 1.82) is 0 Å². The van der Waals surface area contributed by atoms with Crippen molar-refractivity contribution in [3.8, 4) is 0 Å². The van der Waals surface area contributed by atoms with Gasteiger partial charge in [-0.1, -0.05) is 18.2 Å². The molecular weight excluding hydrogens is 333 g/mol. The summed E-state index contributed by atoms with van der Waals surface area (Å²) in [5.74, 6) is -1.33. The van der Waals surface area contributed by atoms with Crippen molar-refractivity contribution >= 4 is 45.2 Å². The maximum absolute atomic E-state index is 11.9. The molecule has 17 heavy (non-hydrogen) atoms. The summed E-state index contributed by atoms with van der Waals surface area (Å²) < 4.78 is 0.721. The number of benzene rings is 2. The minimum Gasteiger partial charge on any atom is -0.278 e. The molecule has 1 aliphatic rings. The Labute approximate surface area is 110 Å². The number of carbonyl (C=O) groups excluding carboxylic acids is 2. The maximum Gasteiger partial charge on any atom is 0.286 e. The smallest absolute Gasteiger partial charge is 0.278 e. The molecule has 0 spiro atoms. The predicted octanol–water partition coefficient (Wildman–Crippen LogP) is 2.43. The molecule has 4 nitrogen and oxygen atoms in total. The van der Waals surface area contributed by atoms with Gasteiger partial charge in [0, 0.05) is 8.96 Å². The summed E-state index contributed by atoms with van der Waals surface area (Å²) in [6.45, 7) is 0. The lowest BCUT2D eigenvalue weighted by molar-refractivity contribution is -0.0378. The third kappa shape index (κ3) is 1.32. The summed E-state index contributed by atoms with van der Waals surface area (Å²) in [6, 6.07) is 8.84. The summed E-state index contributed by atoms with van der Waals surface area (Å²) in [5, 5.41) is 11.1. The lowest BCUT2D eigenvalue weighted by Gasteiger charge is -2.22. The standard InChI is InChI=1S/C12H6INO3/c13-8-5-4-6-2-1-3-7-9(6)10(8)12(16)14(17)11(7)15/h1-5,17H. The van der Waals surface area contributed by atoms with Gasteiger partial charge in [0.05, 0.1) is 11.1 Å². The quantitative estimate of drug-likeness (QED) is 0.456. The highest BCUT2D eigenvalue weighted by molar-refractivity contribution is 14.1. The number of halogens is 1. The van der Waals surface area contributed by atoms with Crippen molar-refractivity contribution < 1.29 is 14.8 Å². The number of nitrogens with zero attached hydrogens (tertiary/aromatic N) is 1. The highest BCUT2D eigenvalue weighted by atomic mass is 127. The van der Waals surface area contributed by atoms with Crippen molar-refractivity contribution in [1.82, 2.24) is 5.06 Å². The van der Waals surface area contributed by atoms with Gasteiger partial charge in [-0.05, 0) is 40.1 Å². The van der Waals surface area contributed by atoms with E-state index in [4.69, 9.17) is 0 Å². The molecule has 0 aliphatic carbocycles. The zero-order valence-corrected chi connectivity index (χ0v) is 10.6. The van der Waals surface area contributed by atoms with E-state index in [0.29, 0.717) is 16.5 Å². The summed E-state index contributed by atoms with van der Waals surface area (Å²) in [7, 11) is 0. The Hall–Kier alpha value is -1.47. The first-order valence-corrected chi connectivity index (χ1v) is 5.98. The average Bonchev–Trinajstić information content (AvgIpc) is 2.34. The number of imide groups is 1. The predicted molar refractivity (Wildman–Crippen MR) is 69.0 cm³/mol. The first kappa shape index (κ1) is 10.7. The van der Waals surface area contributed by atoms with Crippen LogP contribution >= 0.6 is 22.6 Å². The van der Waals surface area contributed by atoms with Crippen LogP contribution in [0.4, 0.5) is 0 Å². The maximum atomic E-state index is 11.9. The van der Waals surface area contributed by atoms with Crippen LogP contribution in [0.15, 0.2) is 30.3 Å². The monoisotopic (exact) mass is 339 g/mol. The SMILES string of the molecule is O=C1c2cccc3ccc(I)c(c23)C(=O)N1O. The first-order valence-electron chi connectivity index (χ1n) is 4.90. The Morgan fingerprint density at radius 2 is 1.82 bits per heavy atom. The van der Waals surface area contributed by atoms with Gasteiger partial charge in [-0.3, -0.25) is 14.8 Å². The van der Waals surface area contributed by atoms with Crippen molar-refractivity contribution in [2.75, 3.05) is 0 Å². The van der Waals surface area contributed by atoms with Gasteiger partial charge in [0.2, 0.25) is 0 Å². The highest BCUT2D eigenvalue weighted by Gasteiger charge is 2.33. The van der Waals surface area contributed by atoms with E-state index in [1.165, 1.54) is 0 Å². The van der Waals surface area contributed by atoms with Gasteiger partial charge in [-0.15, -0.1) is 5.06 Å². The number of hydroxylamine groups is 2. The fraction of sp³-hybridized carbons (Fsp3) is 0. The zero-order valence-electron chi connectivity index (χ0n) is 8.48. The second-order valence-corrected chi connectivity index (χ2v) is 4.91. The minimum absolute atomic E-state index is 0.180. The largest absolute Gasteiger partial charge is 0.286 e. The second-order valence-electron chi connectivity index (χ2n) is 3.75. The fourth-order valence-corrected chi connectivity index (χ4v) is 2.73. The van der Waals surface area contributed by atoms with Crippen LogP contribution < -0.4 is 0 Å². The number of carbonyl (C=O) groups is 2. The molecule has 0 radical (unpaired) electrons. The Morgan fingerprint density at radius 1 is 1.06 bits per heavy atom. The third-order valence-electron chi connectivity index (χ3n) is 2.82. The lowest BCUT2D eigenvalue weighted by atomic mass is 9.95. The van der Waals surface area contributed by atoms with Crippen LogP contribution in [-0.4, -0.2) is 22.1 Å². The lowest BCUT2D eigenvalue weighted by Crippen LogP contribution is -2.38. The van der Waals surface area contributed by atoms with Crippen molar-refractivity contribution in [3.63, 3.8) is 0 Å². The van der Waals surface area contributed by atoms with Gasteiger partial charge in [-0.25, -0.2) is 0 Å². The molecule has 0 saturated carbocycles.